The van der Waals surface area contributed by atoms with E-state index in [2.05, 4.69) is 26.1 Å². The Morgan fingerprint density at radius 3 is 2.52 bits per heavy atom. The number of hydrogen-bond acceptors (Lipinski definition) is 2. The first kappa shape index (κ1) is 20.2. The number of benzene rings is 1. The average Bonchev–Trinajstić information content (AvgIpc) is 3.04. The third-order valence-electron chi connectivity index (χ3n) is 6.73. The van der Waals surface area contributed by atoms with Gasteiger partial charge in [0.25, 0.3) is 0 Å². The summed E-state index contributed by atoms with van der Waals surface area (Å²) in [5.41, 5.74) is 1.07. The van der Waals surface area contributed by atoms with Gasteiger partial charge in [0, 0.05) is 19.0 Å². The zero-order valence-corrected chi connectivity index (χ0v) is 17.4. The Bertz CT molecular complexity index is 695. The molecule has 1 atom stereocenters. The van der Waals surface area contributed by atoms with Crippen LogP contribution >= 0.6 is 11.6 Å². The summed E-state index contributed by atoms with van der Waals surface area (Å²) in [4.78, 5) is 26.8. The first-order valence-corrected chi connectivity index (χ1v) is 10.5. The second-order valence-electron chi connectivity index (χ2n) is 8.76. The number of carbonyl (C=O) groups is 2. The van der Waals surface area contributed by atoms with Gasteiger partial charge in [-0.2, -0.15) is 0 Å². The van der Waals surface area contributed by atoms with Gasteiger partial charge in [-0.15, -0.1) is 0 Å². The third kappa shape index (κ3) is 4.48. The predicted molar refractivity (Wildman–Crippen MR) is 110 cm³/mol. The van der Waals surface area contributed by atoms with Gasteiger partial charge in [-0.3, -0.25) is 9.59 Å². The first-order chi connectivity index (χ1) is 12.8. The molecule has 1 aliphatic carbocycles. The van der Waals surface area contributed by atoms with E-state index in [1.807, 2.05) is 18.2 Å². The van der Waals surface area contributed by atoms with Crippen molar-refractivity contribution in [3.63, 3.8) is 0 Å². The standard InChI is InChI=1S/C22H31ClN2O2/c1-4-22(2,3)16-9-11-17(12-10-16)24-21(27)15-13-20(26)25(14-15)19-8-6-5-7-18(19)23/h5-8,15-17H,4,9-14H2,1-3H3,(H,24,27)/t15-,16?,17?/m0/s1. The Kier molecular flexibility index (Phi) is 6.15. The highest BCUT2D eigenvalue weighted by Gasteiger charge is 2.37. The summed E-state index contributed by atoms with van der Waals surface area (Å²) in [5.74, 6) is 0.422. The minimum Gasteiger partial charge on any atom is -0.353 e. The Morgan fingerprint density at radius 1 is 1.22 bits per heavy atom. The number of carbonyl (C=O) groups excluding carboxylic acids is 2. The summed E-state index contributed by atoms with van der Waals surface area (Å²) in [6.07, 6.45) is 5.86. The first-order valence-electron chi connectivity index (χ1n) is 10.2. The second-order valence-corrected chi connectivity index (χ2v) is 9.16. The lowest BCUT2D eigenvalue weighted by Gasteiger charge is -2.39. The highest BCUT2D eigenvalue weighted by atomic mass is 35.5. The van der Waals surface area contributed by atoms with Gasteiger partial charge < -0.3 is 10.2 Å². The van der Waals surface area contributed by atoms with E-state index in [1.165, 1.54) is 19.3 Å². The number of para-hydroxylation sites is 1. The number of rotatable bonds is 5. The van der Waals surface area contributed by atoms with Crippen molar-refractivity contribution in [1.29, 1.82) is 0 Å². The molecule has 0 spiro atoms. The summed E-state index contributed by atoms with van der Waals surface area (Å²) in [5, 5.41) is 3.75. The van der Waals surface area contributed by atoms with Crippen LogP contribution in [0.3, 0.4) is 0 Å². The van der Waals surface area contributed by atoms with Crippen molar-refractivity contribution in [2.24, 2.45) is 17.3 Å². The van der Waals surface area contributed by atoms with Crippen molar-refractivity contribution < 1.29 is 9.59 Å². The maximum absolute atomic E-state index is 12.7. The van der Waals surface area contributed by atoms with E-state index in [-0.39, 0.29) is 30.2 Å². The number of anilines is 1. The monoisotopic (exact) mass is 390 g/mol. The fourth-order valence-corrected chi connectivity index (χ4v) is 4.65. The Balaban J connectivity index is 1.54. The summed E-state index contributed by atoms with van der Waals surface area (Å²) in [6.45, 7) is 7.37. The Labute approximate surface area is 167 Å². The molecule has 1 heterocycles. The van der Waals surface area contributed by atoms with Gasteiger partial charge in [0.1, 0.15) is 0 Å². The zero-order chi connectivity index (χ0) is 19.6. The molecule has 1 aliphatic heterocycles. The number of hydrogen-bond donors (Lipinski definition) is 1. The molecular formula is C22H31ClN2O2. The van der Waals surface area contributed by atoms with Crippen LogP contribution in [0.15, 0.2) is 24.3 Å². The minimum atomic E-state index is -0.293. The van der Waals surface area contributed by atoms with Crippen molar-refractivity contribution in [3.8, 4) is 0 Å². The smallest absolute Gasteiger partial charge is 0.227 e. The van der Waals surface area contributed by atoms with Crippen LogP contribution in [0.1, 0.15) is 59.3 Å². The van der Waals surface area contributed by atoms with Gasteiger partial charge in [0.05, 0.1) is 16.6 Å². The SMILES string of the molecule is CCC(C)(C)C1CCC(NC(=O)[C@H]2CC(=O)N(c3ccccc3Cl)C2)CC1. The van der Waals surface area contributed by atoms with Crippen molar-refractivity contribution in [2.75, 3.05) is 11.4 Å². The van der Waals surface area contributed by atoms with Crippen LogP contribution in [0.5, 0.6) is 0 Å². The number of nitrogens with zero attached hydrogens (tertiary/aromatic N) is 1. The Hall–Kier alpha value is -1.55. The van der Waals surface area contributed by atoms with Crippen LogP contribution < -0.4 is 10.2 Å². The van der Waals surface area contributed by atoms with Gasteiger partial charge in [0.2, 0.25) is 11.8 Å². The topological polar surface area (TPSA) is 49.4 Å². The number of nitrogens with one attached hydrogen (secondary N) is 1. The van der Waals surface area contributed by atoms with Crippen molar-refractivity contribution in [1.82, 2.24) is 5.32 Å². The van der Waals surface area contributed by atoms with Gasteiger partial charge in [0.15, 0.2) is 0 Å². The molecule has 4 nitrogen and oxygen atoms in total. The maximum atomic E-state index is 12.7. The molecule has 3 rings (SSSR count). The molecule has 2 amide bonds. The average molecular weight is 391 g/mol. The molecule has 0 aromatic heterocycles. The number of amides is 2. The van der Waals surface area contributed by atoms with E-state index < -0.39 is 0 Å². The molecule has 148 valence electrons. The molecule has 1 aromatic rings. The molecule has 2 fully saturated rings. The molecule has 1 saturated carbocycles. The largest absolute Gasteiger partial charge is 0.353 e. The molecule has 1 N–H and O–H groups in total. The van der Waals surface area contributed by atoms with E-state index in [1.54, 1.807) is 11.0 Å². The third-order valence-corrected chi connectivity index (χ3v) is 7.05. The van der Waals surface area contributed by atoms with Crippen molar-refractivity contribution in [3.05, 3.63) is 29.3 Å². The molecule has 0 unspecified atom stereocenters. The van der Waals surface area contributed by atoms with E-state index in [0.29, 0.717) is 22.7 Å². The van der Waals surface area contributed by atoms with E-state index >= 15 is 0 Å². The lowest BCUT2D eigenvalue weighted by Crippen LogP contribution is -2.43. The lowest BCUT2D eigenvalue weighted by atomic mass is 9.69. The van der Waals surface area contributed by atoms with Crippen LogP contribution in [-0.4, -0.2) is 24.4 Å². The quantitative estimate of drug-likeness (QED) is 0.784. The van der Waals surface area contributed by atoms with Crippen LogP contribution in [0.2, 0.25) is 5.02 Å². The fourth-order valence-electron chi connectivity index (χ4n) is 4.41. The maximum Gasteiger partial charge on any atom is 0.227 e. The van der Waals surface area contributed by atoms with Crippen molar-refractivity contribution in [2.45, 2.75) is 65.3 Å². The highest BCUT2D eigenvalue weighted by molar-refractivity contribution is 6.33. The summed E-state index contributed by atoms with van der Waals surface area (Å²) >= 11 is 6.22. The van der Waals surface area contributed by atoms with Crippen molar-refractivity contribution >= 4 is 29.1 Å². The van der Waals surface area contributed by atoms with Crippen LogP contribution in [0.25, 0.3) is 0 Å². The number of halogens is 1. The van der Waals surface area contributed by atoms with Gasteiger partial charge in [-0.05, 0) is 49.1 Å². The molecule has 1 aromatic carbocycles. The van der Waals surface area contributed by atoms with Gasteiger partial charge in [-0.25, -0.2) is 0 Å². The molecule has 2 aliphatic rings. The molecular weight excluding hydrogens is 360 g/mol. The minimum absolute atomic E-state index is 0.0103. The molecule has 1 saturated heterocycles. The van der Waals surface area contributed by atoms with E-state index in [0.717, 1.165) is 18.8 Å². The van der Waals surface area contributed by atoms with E-state index in [9.17, 15) is 9.59 Å². The summed E-state index contributed by atoms with van der Waals surface area (Å²) in [6, 6.07) is 7.54. The van der Waals surface area contributed by atoms with Gasteiger partial charge >= 0.3 is 0 Å². The summed E-state index contributed by atoms with van der Waals surface area (Å²) in [7, 11) is 0. The van der Waals surface area contributed by atoms with Crippen LogP contribution in [0.4, 0.5) is 5.69 Å². The van der Waals surface area contributed by atoms with Crippen LogP contribution in [-0.2, 0) is 9.59 Å². The molecule has 27 heavy (non-hydrogen) atoms. The van der Waals surface area contributed by atoms with Gasteiger partial charge in [-0.1, -0.05) is 50.9 Å². The second kappa shape index (κ2) is 8.22. The van der Waals surface area contributed by atoms with Crippen LogP contribution in [0, 0.1) is 17.3 Å². The summed E-state index contributed by atoms with van der Waals surface area (Å²) < 4.78 is 0. The normalized spacial score (nSPS) is 26.3. The fraction of sp³-hybridized carbons (Fsp3) is 0.636. The molecule has 5 heteroatoms. The highest BCUT2D eigenvalue weighted by Crippen LogP contribution is 2.40. The Morgan fingerprint density at radius 2 is 1.89 bits per heavy atom. The zero-order valence-electron chi connectivity index (χ0n) is 16.6. The molecule has 0 radical (unpaired) electrons. The predicted octanol–water partition coefficient (Wildman–Crippen LogP) is 4.80. The molecule has 0 bridgehead atoms. The lowest BCUT2D eigenvalue weighted by molar-refractivity contribution is -0.127. The van der Waals surface area contributed by atoms with E-state index in [4.69, 9.17) is 11.6 Å².